The van der Waals surface area contributed by atoms with Crippen LogP contribution in [0.25, 0.3) is 0 Å². The quantitative estimate of drug-likeness (QED) is 0.358. The lowest BCUT2D eigenvalue weighted by atomic mass is 9.81. The Balaban J connectivity index is 0.00000154. The molecule has 0 N–H and O–H groups in total. The predicted octanol–water partition coefficient (Wildman–Crippen LogP) is 6.97. The summed E-state index contributed by atoms with van der Waals surface area (Å²) in [6.45, 7) is 12.4. The first-order valence-corrected chi connectivity index (χ1v) is 14.8. The number of hydrogen-bond acceptors (Lipinski definition) is 3. The Morgan fingerprint density at radius 3 is 2.28 bits per heavy atom. The summed E-state index contributed by atoms with van der Waals surface area (Å²) < 4.78 is 39.3. The molecule has 3 rings (SSSR count). The number of benzene rings is 1. The van der Waals surface area contributed by atoms with Crippen LogP contribution in [-0.4, -0.2) is 38.1 Å². The summed E-state index contributed by atoms with van der Waals surface area (Å²) in [7, 11) is 0.438. The molecule has 1 aliphatic carbocycles. The maximum Gasteiger partial charge on any atom is 0.300 e. The van der Waals surface area contributed by atoms with Gasteiger partial charge in [-0.05, 0) is 49.4 Å². The van der Waals surface area contributed by atoms with E-state index in [1.807, 2.05) is 71.0 Å². The second-order valence-corrected chi connectivity index (χ2v) is 10.5. The van der Waals surface area contributed by atoms with E-state index in [9.17, 15) is 17.8 Å². The number of rotatable bonds is 7. The number of carbonyl (C=O) groups is 1. The highest BCUT2D eigenvalue weighted by Gasteiger charge is 2.32. The number of halogens is 2. The van der Waals surface area contributed by atoms with Crippen LogP contribution in [0.15, 0.2) is 54.2 Å². The second-order valence-electron chi connectivity index (χ2n) is 8.14. The molecule has 0 saturated heterocycles. The lowest BCUT2D eigenvalue weighted by molar-refractivity contribution is -0.128. The Bertz CT molecular complexity index is 1030. The number of alkyl halides is 2. The summed E-state index contributed by atoms with van der Waals surface area (Å²) in [5.74, 6) is -0.175. The number of carbonyl (C=O) groups excluding carboxylic acids is 1. The van der Waals surface area contributed by atoms with E-state index in [1.54, 1.807) is 18.1 Å². The average Bonchev–Trinajstić information content (AvgIpc) is 2.89. The zero-order valence-electron chi connectivity index (χ0n) is 22.6. The molecule has 4 unspecified atom stereocenters. The Hall–Kier alpha value is -1.98. The third-order valence-corrected chi connectivity index (χ3v) is 7.47. The van der Waals surface area contributed by atoms with Crippen LogP contribution in [0.3, 0.4) is 0 Å². The monoisotopic (exact) mass is 538 g/mol. The Kier molecular flexibility index (Phi) is 13.6. The average molecular weight is 539 g/mol. The van der Waals surface area contributed by atoms with Gasteiger partial charge in [-0.3, -0.25) is 14.0 Å². The molecule has 1 aromatic heterocycles. The van der Waals surface area contributed by atoms with Gasteiger partial charge in [0, 0.05) is 47.8 Å². The molecule has 0 radical (unpaired) electrons. The maximum absolute atomic E-state index is 13.6. The first kappa shape index (κ1) is 32.0. The van der Waals surface area contributed by atoms with Gasteiger partial charge in [0.25, 0.3) is 5.66 Å². The maximum atomic E-state index is 13.6. The van der Waals surface area contributed by atoms with E-state index in [0.717, 1.165) is 24.0 Å². The fourth-order valence-corrected chi connectivity index (χ4v) is 5.01. The standard InChI is InChI=1S/C24H29F2N2O2PS.2C2H6/c1-4-28(15-18-14-27-22(12-16(18)2)24(25,26)31)23(29)21-13-19(32(3)30)10-11-20(21)17-8-6-5-7-9-17;2*1-2/h5-9,12-14,19-20H,4,10-11,15,31H2,1-3H3;2*1-2H3. The zero-order valence-corrected chi connectivity index (χ0v) is 24.5. The molecule has 1 aliphatic rings. The lowest BCUT2D eigenvalue weighted by Crippen LogP contribution is -2.36. The van der Waals surface area contributed by atoms with Crippen LogP contribution in [0, 0.1) is 6.92 Å². The molecule has 200 valence electrons. The minimum Gasteiger partial charge on any atom is -0.335 e. The van der Waals surface area contributed by atoms with Crippen molar-refractivity contribution in [3.05, 3.63) is 76.6 Å². The molecule has 0 spiro atoms. The number of amides is 1. The summed E-state index contributed by atoms with van der Waals surface area (Å²) in [5.41, 5.74) is -0.304. The summed E-state index contributed by atoms with van der Waals surface area (Å²) in [6, 6.07) is 11.2. The molecule has 0 saturated carbocycles. The van der Waals surface area contributed by atoms with Crippen molar-refractivity contribution in [2.75, 3.05) is 12.8 Å². The minimum absolute atomic E-state index is 0.0602. The molecule has 36 heavy (non-hydrogen) atoms. The van der Waals surface area contributed by atoms with Crippen LogP contribution in [-0.2, 0) is 27.8 Å². The first-order valence-electron chi connectivity index (χ1n) is 12.6. The minimum atomic E-state index is -3.09. The number of aryl methyl sites for hydroxylation is 1. The molecule has 8 heteroatoms. The van der Waals surface area contributed by atoms with Crippen molar-refractivity contribution in [2.24, 2.45) is 0 Å². The fraction of sp³-hybridized carbons (Fsp3) is 0.500. The SMILES string of the molecule is CC.CC.CCN(Cc1cnc(C(F)(F)P)cc1C)C(=O)C1=CC(S(C)=O)CCC1c1ccccc1. The molecular weight excluding hydrogens is 497 g/mol. The van der Waals surface area contributed by atoms with E-state index in [1.165, 1.54) is 21.5 Å². The Morgan fingerprint density at radius 2 is 1.78 bits per heavy atom. The Morgan fingerprint density at radius 1 is 1.17 bits per heavy atom. The molecule has 0 aliphatic heterocycles. The van der Waals surface area contributed by atoms with Crippen LogP contribution in [0.1, 0.15) is 75.8 Å². The third-order valence-electron chi connectivity index (χ3n) is 5.95. The topological polar surface area (TPSA) is 50.3 Å². The van der Waals surface area contributed by atoms with Crippen molar-refractivity contribution in [2.45, 2.75) is 77.8 Å². The largest absolute Gasteiger partial charge is 0.335 e. The fourth-order valence-electron chi connectivity index (χ4n) is 4.05. The van der Waals surface area contributed by atoms with Crippen molar-refractivity contribution in [1.29, 1.82) is 0 Å². The van der Waals surface area contributed by atoms with Gasteiger partial charge in [-0.2, -0.15) is 8.78 Å². The summed E-state index contributed by atoms with van der Waals surface area (Å²) in [5, 5.41) is -0.153. The van der Waals surface area contributed by atoms with Crippen LogP contribution < -0.4 is 0 Å². The molecule has 1 amide bonds. The molecule has 4 atom stereocenters. The zero-order chi connectivity index (χ0) is 27.5. The molecule has 0 fully saturated rings. The van der Waals surface area contributed by atoms with E-state index >= 15 is 0 Å². The molecule has 4 nitrogen and oxygen atoms in total. The summed E-state index contributed by atoms with van der Waals surface area (Å²) in [6.07, 6.45) is 6.49. The highest BCUT2D eigenvalue weighted by atomic mass is 32.2. The van der Waals surface area contributed by atoms with Crippen molar-refractivity contribution in [3.8, 4) is 0 Å². The molecule has 1 heterocycles. The lowest BCUT2D eigenvalue weighted by Gasteiger charge is -2.31. The van der Waals surface area contributed by atoms with Crippen LogP contribution in [0.5, 0.6) is 0 Å². The normalized spacial score (nSPS) is 18.0. The van der Waals surface area contributed by atoms with Gasteiger partial charge in [0.05, 0.1) is 5.25 Å². The number of pyridine rings is 1. The van der Waals surface area contributed by atoms with Gasteiger partial charge in [0.15, 0.2) is 0 Å². The van der Waals surface area contributed by atoms with Gasteiger partial charge in [0.1, 0.15) is 5.69 Å². The number of aromatic nitrogens is 1. The van der Waals surface area contributed by atoms with E-state index in [4.69, 9.17) is 0 Å². The van der Waals surface area contributed by atoms with E-state index in [0.29, 0.717) is 17.7 Å². The molecule has 1 aromatic carbocycles. The van der Waals surface area contributed by atoms with Crippen LogP contribution >= 0.6 is 9.24 Å². The van der Waals surface area contributed by atoms with Gasteiger partial charge >= 0.3 is 0 Å². The van der Waals surface area contributed by atoms with Gasteiger partial charge < -0.3 is 4.90 Å². The van der Waals surface area contributed by atoms with Crippen LogP contribution in [0.2, 0.25) is 0 Å². The second kappa shape index (κ2) is 15.3. The summed E-state index contributed by atoms with van der Waals surface area (Å²) >= 11 is 0. The molecular formula is C28H41F2N2O2PS. The van der Waals surface area contributed by atoms with Gasteiger partial charge in [-0.1, -0.05) is 73.3 Å². The van der Waals surface area contributed by atoms with Crippen molar-refractivity contribution < 1.29 is 17.8 Å². The van der Waals surface area contributed by atoms with Crippen molar-refractivity contribution in [1.82, 2.24) is 9.88 Å². The Labute approximate surface area is 220 Å². The predicted molar refractivity (Wildman–Crippen MR) is 151 cm³/mol. The highest BCUT2D eigenvalue weighted by molar-refractivity contribution is 7.85. The van der Waals surface area contributed by atoms with E-state index in [-0.39, 0.29) is 29.3 Å². The van der Waals surface area contributed by atoms with Gasteiger partial charge in [-0.25, -0.2) is 0 Å². The third kappa shape index (κ3) is 8.55. The van der Waals surface area contributed by atoms with Crippen LogP contribution in [0.4, 0.5) is 8.78 Å². The first-order chi connectivity index (χ1) is 17.1. The highest BCUT2D eigenvalue weighted by Crippen LogP contribution is 2.37. The molecule has 0 bridgehead atoms. The summed E-state index contributed by atoms with van der Waals surface area (Å²) in [4.78, 5) is 19.2. The number of hydrogen-bond donors (Lipinski definition) is 0. The smallest absolute Gasteiger partial charge is 0.300 e. The van der Waals surface area contributed by atoms with E-state index in [2.05, 4.69) is 4.98 Å². The van der Waals surface area contributed by atoms with Gasteiger partial charge in [0.2, 0.25) is 5.91 Å². The van der Waals surface area contributed by atoms with Crippen molar-refractivity contribution >= 4 is 25.9 Å². The van der Waals surface area contributed by atoms with Gasteiger partial charge in [-0.15, -0.1) is 0 Å². The number of likely N-dealkylation sites (N-methyl/N-ethyl adjacent to an activating group) is 1. The number of nitrogens with zero attached hydrogens (tertiary/aromatic N) is 2. The van der Waals surface area contributed by atoms with E-state index < -0.39 is 16.5 Å². The van der Waals surface area contributed by atoms with Crippen molar-refractivity contribution in [3.63, 3.8) is 0 Å². The molecule has 2 aromatic rings.